The van der Waals surface area contributed by atoms with Crippen molar-refractivity contribution in [2.24, 2.45) is 0 Å². The molecule has 3 aromatic rings. The van der Waals surface area contributed by atoms with E-state index in [1.165, 1.54) is 12.1 Å². The third kappa shape index (κ3) is 6.32. The summed E-state index contributed by atoms with van der Waals surface area (Å²) in [5.41, 5.74) is 1.34. The van der Waals surface area contributed by atoms with Crippen molar-refractivity contribution >= 4 is 29.4 Å². The zero-order valence-electron chi connectivity index (χ0n) is 16.2. The van der Waals surface area contributed by atoms with Crippen molar-refractivity contribution < 1.29 is 19.1 Å². The van der Waals surface area contributed by atoms with E-state index >= 15 is 0 Å². The Labute approximate surface area is 179 Å². The number of hydrogen-bond donors (Lipinski definition) is 1. The molecule has 0 unspecified atom stereocenters. The van der Waals surface area contributed by atoms with Gasteiger partial charge in [-0.2, -0.15) is 0 Å². The summed E-state index contributed by atoms with van der Waals surface area (Å²) in [7, 11) is 0. The lowest BCUT2D eigenvalue weighted by molar-refractivity contribution is -0.124. The first-order valence-corrected chi connectivity index (χ1v) is 10.4. The molecule has 6 heteroatoms. The number of nitrogens with one attached hydrogen (secondary N) is 1. The lowest BCUT2D eigenvalue weighted by Crippen LogP contribution is -2.30. The third-order valence-electron chi connectivity index (χ3n) is 4.19. The quantitative estimate of drug-likeness (QED) is 0.246. The molecule has 0 fully saturated rings. The van der Waals surface area contributed by atoms with Crippen LogP contribution in [0.25, 0.3) is 0 Å². The molecule has 0 spiro atoms. The van der Waals surface area contributed by atoms with Gasteiger partial charge in [-0.25, -0.2) is 4.79 Å². The van der Waals surface area contributed by atoms with E-state index in [-0.39, 0.29) is 23.9 Å². The van der Waals surface area contributed by atoms with Gasteiger partial charge in [0, 0.05) is 28.3 Å². The van der Waals surface area contributed by atoms with Crippen molar-refractivity contribution in [3.05, 3.63) is 102 Å². The van der Waals surface area contributed by atoms with E-state index in [2.05, 4.69) is 5.32 Å². The zero-order chi connectivity index (χ0) is 21.2. The van der Waals surface area contributed by atoms with Gasteiger partial charge in [-0.15, -0.1) is 11.8 Å². The number of benzene rings is 3. The summed E-state index contributed by atoms with van der Waals surface area (Å²) in [6.07, 6.45) is 0. The standard InChI is InChI=1S/C24H21NO4S/c26-22(25-15-16-30-21-9-5-2-6-10-21)17-29-24(28)20-13-11-19(12-14-20)23(27)18-7-3-1-4-8-18/h1-14H,15-17H2,(H,25,26). The highest BCUT2D eigenvalue weighted by Gasteiger charge is 2.13. The second-order valence-corrected chi connectivity index (χ2v) is 7.53. The fourth-order valence-corrected chi connectivity index (χ4v) is 3.44. The summed E-state index contributed by atoms with van der Waals surface area (Å²) in [4.78, 5) is 37.5. The largest absolute Gasteiger partial charge is 0.452 e. The zero-order valence-corrected chi connectivity index (χ0v) is 17.1. The van der Waals surface area contributed by atoms with Gasteiger partial charge in [0.25, 0.3) is 5.91 Å². The van der Waals surface area contributed by atoms with E-state index < -0.39 is 5.97 Å². The van der Waals surface area contributed by atoms with Gasteiger partial charge in [0.2, 0.25) is 0 Å². The number of hydrogen-bond acceptors (Lipinski definition) is 5. The van der Waals surface area contributed by atoms with Gasteiger partial charge in [0.05, 0.1) is 5.56 Å². The van der Waals surface area contributed by atoms with Crippen molar-refractivity contribution in [1.82, 2.24) is 5.32 Å². The highest BCUT2D eigenvalue weighted by molar-refractivity contribution is 7.99. The van der Waals surface area contributed by atoms with Crippen LogP contribution >= 0.6 is 11.8 Å². The molecule has 0 aliphatic rings. The smallest absolute Gasteiger partial charge is 0.338 e. The molecule has 0 radical (unpaired) electrons. The third-order valence-corrected chi connectivity index (χ3v) is 5.20. The Morgan fingerprint density at radius 2 is 1.30 bits per heavy atom. The molecule has 3 rings (SSSR count). The fourth-order valence-electron chi connectivity index (χ4n) is 2.66. The number of rotatable bonds is 9. The predicted molar refractivity (Wildman–Crippen MR) is 117 cm³/mol. The highest BCUT2D eigenvalue weighted by atomic mass is 32.2. The second-order valence-electron chi connectivity index (χ2n) is 6.36. The minimum atomic E-state index is -0.609. The first kappa shape index (κ1) is 21.3. The molecule has 1 amide bonds. The first-order chi connectivity index (χ1) is 14.6. The molecular formula is C24H21NO4S. The molecule has 0 aliphatic heterocycles. The number of esters is 1. The van der Waals surface area contributed by atoms with Gasteiger partial charge in [-0.1, -0.05) is 60.7 Å². The Morgan fingerprint density at radius 3 is 1.97 bits per heavy atom. The Bertz CT molecular complexity index is 989. The summed E-state index contributed by atoms with van der Waals surface area (Å²) < 4.78 is 5.05. The van der Waals surface area contributed by atoms with Crippen molar-refractivity contribution in [3.63, 3.8) is 0 Å². The second kappa shape index (κ2) is 11.0. The van der Waals surface area contributed by atoms with Crippen LogP contribution in [0.3, 0.4) is 0 Å². The molecule has 30 heavy (non-hydrogen) atoms. The van der Waals surface area contributed by atoms with Crippen LogP contribution in [0.15, 0.2) is 89.8 Å². The molecule has 0 saturated carbocycles. The van der Waals surface area contributed by atoms with Crippen LogP contribution in [-0.4, -0.2) is 36.6 Å². The van der Waals surface area contributed by atoms with Crippen LogP contribution in [0.5, 0.6) is 0 Å². The number of carbonyl (C=O) groups is 3. The summed E-state index contributed by atoms with van der Waals surface area (Å²) in [5.74, 6) is -0.362. The topological polar surface area (TPSA) is 72.5 Å². The van der Waals surface area contributed by atoms with E-state index in [1.54, 1.807) is 48.2 Å². The fraction of sp³-hybridized carbons (Fsp3) is 0.125. The lowest BCUT2D eigenvalue weighted by Gasteiger charge is -2.07. The number of thioether (sulfide) groups is 1. The molecule has 0 saturated heterocycles. The van der Waals surface area contributed by atoms with Crippen molar-refractivity contribution in [1.29, 1.82) is 0 Å². The van der Waals surface area contributed by atoms with Crippen LogP contribution in [0.2, 0.25) is 0 Å². The van der Waals surface area contributed by atoms with Crippen LogP contribution in [0.4, 0.5) is 0 Å². The molecule has 0 aromatic heterocycles. The summed E-state index contributed by atoms with van der Waals surface area (Å²) >= 11 is 1.64. The molecule has 0 heterocycles. The monoisotopic (exact) mass is 419 g/mol. The maximum absolute atomic E-state index is 12.4. The molecule has 5 nitrogen and oxygen atoms in total. The number of ether oxygens (including phenoxy) is 1. The maximum Gasteiger partial charge on any atom is 0.338 e. The average molecular weight is 420 g/mol. The Morgan fingerprint density at radius 1 is 0.733 bits per heavy atom. The van der Waals surface area contributed by atoms with Gasteiger partial charge in [0.15, 0.2) is 12.4 Å². The lowest BCUT2D eigenvalue weighted by atomic mass is 10.0. The van der Waals surface area contributed by atoms with Gasteiger partial charge in [-0.05, 0) is 24.3 Å². The van der Waals surface area contributed by atoms with E-state index in [0.717, 1.165) is 10.6 Å². The minimum absolute atomic E-state index is 0.122. The minimum Gasteiger partial charge on any atom is -0.452 e. The maximum atomic E-state index is 12.4. The molecule has 152 valence electrons. The normalized spacial score (nSPS) is 10.3. The first-order valence-electron chi connectivity index (χ1n) is 9.45. The average Bonchev–Trinajstić information content (AvgIpc) is 2.81. The van der Waals surface area contributed by atoms with Gasteiger partial charge in [0.1, 0.15) is 0 Å². The molecule has 0 atom stereocenters. The van der Waals surface area contributed by atoms with Gasteiger partial charge >= 0.3 is 5.97 Å². The van der Waals surface area contributed by atoms with E-state index in [4.69, 9.17) is 4.74 Å². The van der Waals surface area contributed by atoms with Crippen LogP contribution < -0.4 is 5.32 Å². The summed E-state index contributed by atoms with van der Waals surface area (Å²) in [6, 6.07) is 25.0. The summed E-state index contributed by atoms with van der Waals surface area (Å²) in [6.45, 7) is 0.131. The predicted octanol–water partition coefficient (Wildman–Crippen LogP) is 3.98. The van der Waals surface area contributed by atoms with Crippen molar-refractivity contribution in [2.45, 2.75) is 4.90 Å². The van der Waals surface area contributed by atoms with Crippen LogP contribution in [0, 0.1) is 0 Å². The molecule has 0 aliphatic carbocycles. The number of amides is 1. The van der Waals surface area contributed by atoms with E-state index in [0.29, 0.717) is 17.7 Å². The van der Waals surface area contributed by atoms with Crippen molar-refractivity contribution in [2.75, 3.05) is 18.9 Å². The van der Waals surface area contributed by atoms with Crippen LogP contribution in [-0.2, 0) is 9.53 Å². The van der Waals surface area contributed by atoms with Crippen LogP contribution in [0.1, 0.15) is 26.3 Å². The van der Waals surface area contributed by atoms with Crippen molar-refractivity contribution in [3.8, 4) is 0 Å². The van der Waals surface area contributed by atoms with Gasteiger partial charge < -0.3 is 10.1 Å². The Kier molecular flexibility index (Phi) is 7.80. The Balaban J connectivity index is 1.41. The molecule has 3 aromatic carbocycles. The SMILES string of the molecule is O=C(COC(=O)c1ccc(C(=O)c2ccccc2)cc1)NCCSc1ccccc1. The summed E-state index contributed by atoms with van der Waals surface area (Å²) in [5, 5.41) is 2.72. The Hall–Kier alpha value is -3.38. The van der Waals surface area contributed by atoms with Gasteiger partial charge in [-0.3, -0.25) is 9.59 Å². The molecule has 0 bridgehead atoms. The highest BCUT2D eigenvalue weighted by Crippen LogP contribution is 2.15. The number of carbonyl (C=O) groups excluding carboxylic acids is 3. The number of ketones is 1. The molecular weight excluding hydrogens is 398 g/mol. The van der Waals surface area contributed by atoms with E-state index in [1.807, 2.05) is 36.4 Å². The molecule has 1 N–H and O–H groups in total. The van der Waals surface area contributed by atoms with E-state index in [9.17, 15) is 14.4 Å².